The van der Waals surface area contributed by atoms with E-state index in [1.54, 1.807) is 0 Å². The Kier molecular flexibility index (Phi) is 4.46. The summed E-state index contributed by atoms with van der Waals surface area (Å²) in [5.41, 5.74) is 2.29. The van der Waals surface area contributed by atoms with Crippen molar-refractivity contribution in [1.82, 2.24) is 0 Å². The highest BCUT2D eigenvalue weighted by atomic mass is 35.5. The van der Waals surface area contributed by atoms with Gasteiger partial charge in [0, 0.05) is 6.04 Å². The minimum atomic E-state index is 0.489. The lowest BCUT2D eigenvalue weighted by molar-refractivity contribution is 0.511. The van der Waals surface area contributed by atoms with Crippen LogP contribution in [-0.2, 0) is 0 Å². The number of rotatable bonds is 4. The second kappa shape index (κ2) is 5.41. The molecule has 84 valence electrons. The fraction of sp³-hybridized carbons (Fsp3) is 0.538. The standard InChI is InChI=1S/C13H20ClN/c1-5-12(9(2)3)15-13-10(4)7-6-8-11(13)14/h6-9,12,15H,5H2,1-4H3. The van der Waals surface area contributed by atoms with Gasteiger partial charge < -0.3 is 5.32 Å². The van der Waals surface area contributed by atoms with Gasteiger partial charge in [-0.3, -0.25) is 0 Å². The minimum absolute atomic E-state index is 0.489. The van der Waals surface area contributed by atoms with Crippen molar-refractivity contribution >= 4 is 17.3 Å². The van der Waals surface area contributed by atoms with Crippen LogP contribution in [0.3, 0.4) is 0 Å². The molecule has 0 radical (unpaired) electrons. The molecule has 0 fully saturated rings. The maximum absolute atomic E-state index is 6.17. The van der Waals surface area contributed by atoms with E-state index in [9.17, 15) is 0 Å². The highest BCUT2D eigenvalue weighted by Gasteiger charge is 2.13. The van der Waals surface area contributed by atoms with Crippen molar-refractivity contribution in [2.75, 3.05) is 5.32 Å². The number of hydrogen-bond donors (Lipinski definition) is 1. The molecule has 1 N–H and O–H groups in total. The summed E-state index contributed by atoms with van der Waals surface area (Å²) >= 11 is 6.17. The summed E-state index contributed by atoms with van der Waals surface area (Å²) in [7, 11) is 0. The van der Waals surface area contributed by atoms with Gasteiger partial charge in [0.25, 0.3) is 0 Å². The summed E-state index contributed by atoms with van der Waals surface area (Å²) in [4.78, 5) is 0. The Morgan fingerprint density at radius 1 is 1.33 bits per heavy atom. The molecule has 1 unspecified atom stereocenters. The summed E-state index contributed by atoms with van der Waals surface area (Å²) < 4.78 is 0. The van der Waals surface area contributed by atoms with Crippen LogP contribution in [0, 0.1) is 12.8 Å². The minimum Gasteiger partial charge on any atom is -0.381 e. The van der Waals surface area contributed by atoms with E-state index in [-0.39, 0.29) is 0 Å². The summed E-state index contributed by atoms with van der Waals surface area (Å²) in [6.45, 7) is 8.74. The Balaban J connectivity index is 2.87. The molecule has 0 aromatic heterocycles. The van der Waals surface area contributed by atoms with Crippen LogP contribution in [0.2, 0.25) is 5.02 Å². The molecule has 1 nitrogen and oxygen atoms in total. The molecule has 0 heterocycles. The number of nitrogens with one attached hydrogen (secondary N) is 1. The van der Waals surface area contributed by atoms with E-state index in [0.717, 1.165) is 17.1 Å². The van der Waals surface area contributed by atoms with Gasteiger partial charge in [-0.15, -0.1) is 0 Å². The topological polar surface area (TPSA) is 12.0 Å². The van der Waals surface area contributed by atoms with Crippen LogP contribution in [0.1, 0.15) is 32.8 Å². The molecule has 1 aromatic rings. The Labute approximate surface area is 97.8 Å². The van der Waals surface area contributed by atoms with Gasteiger partial charge in [0.2, 0.25) is 0 Å². The zero-order valence-electron chi connectivity index (χ0n) is 9.97. The van der Waals surface area contributed by atoms with Crippen molar-refractivity contribution in [2.45, 2.75) is 40.2 Å². The first-order valence-electron chi connectivity index (χ1n) is 5.58. The molecule has 0 aliphatic heterocycles. The van der Waals surface area contributed by atoms with Crippen LogP contribution in [0.15, 0.2) is 18.2 Å². The number of para-hydroxylation sites is 1. The number of hydrogen-bond acceptors (Lipinski definition) is 1. The summed E-state index contributed by atoms with van der Waals surface area (Å²) in [6.07, 6.45) is 1.11. The van der Waals surface area contributed by atoms with E-state index in [1.165, 1.54) is 5.56 Å². The third-order valence-electron chi connectivity index (χ3n) is 2.80. The number of benzene rings is 1. The lowest BCUT2D eigenvalue weighted by Gasteiger charge is -2.23. The highest BCUT2D eigenvalue weighted by molar-refractivity contribution is 6.33. The maximum atomic E-state index is 6.17. The van der Waals surface area contributed by atoms with Crippen molar-refractivity contribution in [3.05, 3.63) is 28.8 Å². The maximum Gasteiger partial charge on any atom is 0.0640 e. The Hall–Kier alpha value is -0.690. The molecule has 0 saturated heterocycles. The quantitative estimate of drug-likeness (QED) is 0.796. The van der Waals surface area contributed by atoms with Gasteiger partial charge in [-0.2, -0.15) is 0 Å². The molecule has 1 aromatic carbocycles. The third kappa shape index (κ3) is 3.13. The Morgan fingerprint density at radius 2 is 2.00 bits per heavy atom. The van der Waals surface area contributed by atoms with Crippen molar-refractivity contribution in [1.29, 1.82) is 0 Å². The zero-order valence-corrected chi connectivity index (χ0v) is 10.7. The van der Waals surface area contributed by atoms with Crippen LogP contribution >= 0.6 is 11.6 Å². The summed E-state index contributed by atoms with van der Waals surface area (Å²) in [5.74, 6) is 0.616. The summed E-state index contributed by atoms with van der Waals surface area (Å²) in [6, 6.07) is 6.49. The fourth-order valence-electron chi connectivity index (χ4n) is 1.74. The first-order chi connectivity index (χ1) is 7.06. The van der Waals surface area contributed by atoms with Crippen LogP contribution in [-0.4, -0.2) is 6.04 Å². The third-order valence-corrected chi connectivity index (χ3v) is 3.11. The van der Waals surface area contributed by atoms with E-state index in [0.29, 0.717) is 12.0 Å². The van der Waals surface area contributed by atoms with E-state index < -0.39 is 0 Å². The average Bonchev–Trinajstić information content (AvgIpc) is 2.17. The summed E-state index contributed by atoms with van der Waals surface area (Å²) in [5, 5.41) is 4.35. The van der Waals surface area contributed by atoms with Gasteiger partial charge in [0.05, 0.1) is 10.7 Å². The molecule has 0 aliphatic rings. The molecule has 15 heavy (non-hydrogen) atoms. The Bertz CT molecular complexity index is 300. The molecule has 0 aliphatic carbocycles. The molecule has 1 atom stereocenters. The van der Waals surface area contributed by atoms with Crippen LogP contribution in [0.25, 0.3) is 0 Å². The molecule has 0 saturated carbocycles. The second-order valence-corrected chi connectivity index (χ2v) is 4.74. The van der Waals surface area contributed by atoms with Gasteiger partial charge in [-0.25, -0.2) is 0 Å². The molecule has 0 amide bonds. The molecule has 0 bridgehead atoms. The largest absolute Gasteiger partial charge is 0.381 e. The van der Waals surface area contributed by atoms with Gasteiger partial charge >= 0.3 is 0 Å². The van der Waals surface area contributed by atoms with Crippen LogP contribution < -0.4 is 5.32 Å². The van der Waals surface area contributed by atoms with Gasteiger partial charge in [0.15, 0.2) is 0 Å². The highest BCUT2D eigenvalue weighted by Crippen LogP contribution is 2.27. The zero-order chi connectivity index (χ0) is 11.4. The first-order valence-corrected chi connectivity index (χ1v) is 5.95. The lowest BCUT2D eigenvalue weighted by Crippen LogP contribution is -2.25. The molecular formula is C13H20ClN. The average molecular weight is 226 g/mol. The van der Waals surface area contributed by atoms with Crippen molar-refractivity contribution in [3.8, 4) is 0 Å². The van der Waals surface area contributed by atoms with Crippen LogP contribution in [0.5, 0.6) is 0 Å². The predicted molar refractivity (Wildman–Crippen MR) is 68.7 cm³/mol. The second-order valence-electron chi connectivity index (χ2n) is 4.33. The first kappa shape index (κ1) is 12.4. The normalized spacial score (nSPS) is 12.9. The van der Waals surface area contributed by atoms with Crippen molar-refractivity contribution in [2.24, 2.45) is 5.92 Å². The van der Waals surface area contributed by atoms with E-state index in [1.807, 2.05) is 12.1 Å². The van der Waals surface area contributed by atoms with Gasteiger partial charge in [-0.1, -0.05) is 44.5 Å². The molecule has 1 rings (SSSR count). The molecule has 2 heteroatoms. The monoisotopic (exact) mass is 225 g/mol. The predicted octanol–water partition coefficient (Wildman–Crippen LogP) is 4.49. The molecular weight excluding hydrogens is 206 g/mol. The fourth-order valence-corrected chi connectivity index (χ4v) is 2.02. The van der Waals surface area contributed by atoms with Gasteiger partial charge in [0.1, 0.15) is 0 Å². The van der Waals surface area contributed by atoms with Gasteiger partial charge in [-0.05, 0) is 30.9 Å². The van der Waals surface area contributed by atoms with E-state index in [4.69, 9.17) is 11.6 Å². The van der Waals surface area contributed by atoms with Crippen molar-refractivity contribution < 1.29 is 0 Å². The number of halogens is 1. The van der Waals surface area contributed by atoms with Crippen molar-refractivity contribution in [3.63, 3.8) is 0 Å². The smallest absolute Gasteiger partial charge is 0.0640 e. The molecule has 0 spiro atoms. The number of anilines is 1. The SMILES string of the molecule is CCC(Nc1c(C)cccc1Cl)C(C)C. The Morgan fingerprint density at radius 3 is 2.47 bits per heavy atom. The lowest BCUT2D eigenvalue weighted by atomic mass is 10.0. The van der Waals surface area contributed by atoms with E-state index in [2.05, 4.69) is 39.1 Å². The number of aryl methyl sites for hydroxylation is 1. The van der Waals surface area contributed by atoms with Crippen LogP contribution in [0.4, 0.5) is 5.69 Å². The van der Waals surface area contributed by atoms with E-state index >= 15 is 0 Å².